The molecule has 2 fully saturated rings. The van der Waals surface area contributed by atoms with Crippen LogP contribution in [-0.2, 0) is 17.5 Å². The number of aromatic nitrogens is 1. The number of aryl methyl sites for hydroxylation is 1. The van der Waals surface area contributed by atoms with E-state index in [4.69, 9.17) is 4.42 Å². The highest BCUT2D eigenvalue weighted by molar-refractivity contribution is 5.78. The van der Waals surface area contributed by atoms with Crippen molar-refractivity contribution >= 4 is 5.91 Å². The third-order valence-corrected chi connectivity index (χ3v) is 7.33. The molecule has 0 spiro atoms. The number of nitrogens with zero attached hydrogens (tertiary/aromatic N) is 3. The van der Waals surface area contributed by atoms with E-state index in [0.29, 0.717) is 23.8 Å². The number of alkyl halides is 3. The highest BCUT2D eigenvalue weighted by atomic mass is 19.4. The molecule has 1 amide bonds. The van der Waals surface area contributed by atoms with E-state index in [0.717, 1.165) is 63.3 Å². The summed E-state index contributed by atoms with van der Waals surface area (Å²) >= 11 is 0. The van der Waals surface area contributed by atoms with Gasteiger partial charge in [-0.25, -0.2) is 4.98 Å². The van der Waals surface area contributed by atoms with Gasteiger partial charge in [-0.2, -0.15) is 13.2 Å². The summed E-state index contributed by atoms with van der Waals surface area (Å²) in [7, 11) is 0. The van der Waals surface area contributed by atoms with Crippen LogP contribution in [0.1, 0.15) is 62.0 Å². The second-order valence-corrected chi connectivity index (χ2v) is 10.0. The number of carbonyl (C=O) groups is 1. The van der Waals surface area contributed by atoms with Crippen LogP contribution < -0.4 is 5.32 Å². The van der Waals surface area contributed by atoms with Gasteiger partial charge in [0.2, 0.25) is 11.8 Å². The van der Waals surface area contributed by atoms with Crippen molar-refractivity contribution in [3.8, 4) is 11.5 Å². The first kappa shape index (κ1) is 26.7. The zero-order chi connectivity index (χ0) is 25.5. The Balaban J connectivity index is 1.20. The van der Waals surface area contributed by atoms with E-state index in [9.17, 15) is 18.0 Å². The summed E-state index contributed by atoms with van der Waals surface area (Å²) in [6, 6.07) is 4.85. The normalized spacial score (nSPS) is 18.8. The standard InChI is InChI=1S/C27H37F3N4O2/c1-20-24(32-26(36-20)22-7-9-23(10-8-22)27(28,29)30)19-34-17-11-21(12-18-34)25(35)31-13-6-16-33-14-4-2-3-5-15-33/h7-10,21H,2-6,11-19H2,1H3,(H,31,35). The smallest absolute Gasteiger partial charge is 0.416 e. The molecule has 3 heterocycles. The molecule has 36 heavy (non-hydrogen) atoms. The molecule has 0 bridgehead atoms. The van der Waals surface area contributed by atoms with Crippen molar-refractivity contribution in [1.29, 1.82) is 0 Å². The van der Waals surface area contributed by atoms with Gasteiger partial charge in [0.25, 0.3) is 0 Å². The minimum absolute atomic E-state index is 0.0422. The van der Waals surface area contributed by atoms with Crippen LogP contribution in [0.4, 0.5) is 13.2 Å². The first-order valence-corrected chi connectivity index (χ1v) is 13.2. The number of hydrogen-bond donors (Lipinski definition) is 1. The van der Waals surface area contributed by atoms with Crippen molar-refractivity contribution in [3.05, 3.63) is 41.3 Å². The van der Waals surface area contributed by atoms with Crippen LogP contribution in [0.15, 0.2) is 28.7 Å². The number of amides is 1. The van der Waals surface area contributed by atoms with Gasteiger partial charge >= 0.3 is 6.18 Å². The third-order valence-electron chi connectivity index (χ3n) is 7.33. The second kappa shape index (κ2) is 12.2. The first-order chi connectivity index (χ1) is 17.3. The average molecular weight is 507 g/mol. The van der Waals surface area contributed by atoms with E-state index < -0.39 is 11.7 Å². The molecular weight excluding hydrogens is 469 g/mol. The minimum Gasteiger partial charge on any atom is -0.441 e. The van der Waals surface area contributed by atoms with Crippen molar-refractivity contribution in [2.45, 2.75) is 64.6 Å². The predicted molar refractivity (Wildman–Crippen MR) is 132 cm³/mol. The lowest BCUT2D eigenvalue weighted by atomic mass is 9.95. The number of halogens is 3. The molecule has 2 saturated heterocycles. The quantitative estimate of drug-likeness (QED) is 0.495. The van der Waals surface area contributed by atoms with Gasteiger partial charge in [-0.1, -0.05) is 12.8 Å². The maximum atomic E-state index is 12.8. The molecule has 0 atom stereocenters. The molecule has 2 aromatic rings. The van der Waals surface area contributed by atoms with Gasteiger partial charge in [0.1, 0.15) is 5.76 Å². The summed E-state index contributed by atoms with van der Waals surface area (Å²) in [5, 5.41) is 3.13. The Hall–Kier alpha value is -2.39. The lowest BCUT2D eigenvalue weighted by Crippen LogP contribution is -2.41. The predicted octanol–water partition coefficient (Wildman–Crippen LogP) is 5.26. The number of piperidine rings is 1. The first-order valence-electron chi connectivity index (χ1n) is 13.2. The summed E-state index contributed by atoms with van der Waals surface area (Å²) < 4.78 is 44.2. The summed E-state index contributed by atoms with van der Waals surface area (Å²) in [4.78, 5) is 21.9. The van der Waals surface area contributed by atoms with Crippen LogP contribution in [0.3, 0.4) is 0 Å². The third kappa shape index (κ3) is 7.32. The minimum atomic E-state index is -4.37. The van der Waals surface area contributed by atoms with Gasteiger partial charge in [-0.3, -0.25) is 9.69 Å². The highest BCUT2D eigenvalue weighted by Crippen LogP contribution is 2.31. The Bertz CT molecular complexity index is 974. The van der Waals surface area contributed by atoms with Crippen molar-refractivity contribution < 1.29 is 22.4 Å². The maximum absolute atomic E-state index is 12.8. The lowest BCUT2D eigenvalue weighted by molar-refractivity contribution is -0.137. The molecule has 198 valence electrons. The molecule has 0 unspecified atom stereocenters. The molecule has 9 heteroatoms. The number of nitrogens with one attached hydrogen (secondary N) is 1. The summed E-state index contributed by atoms with van der Waals surface area (Å²) in [6.07, 6.45) is 3.49. The van der Waals surface area contributed by atoms with Crippen molar-refractivity contribution in [2.75, 3.05) is 39.3 Å². The average Bonchev–Trinajstić information content (AvgIpc) is 3.05. The fraction of sp³-hybridized carbons (Fsp3) is 0.630. The maximum Gasteiger partial charge on any atom is 0.416 e. The topological polar surface area (TPSA) is 61.6 Å². The molecule has 4 rings (SSSR count). The summed E-state index contributed by atoms with van der Waals surface area (Å²) in [6.45, 7) is 8.18. The van der Waals surface area contributed by atoms with E-state index in [-0.39, 0.29) is 11.8 Å². The van der Waals surface area contributed by atoms with Crippen LogP contribution in [0.2, 0.25) is 0 Å². The Morgan fingerprint density at radius 2 is 1.69 bits per heavy atom. The van der Waals surface area contributed by atoms with Gasteiger partial charge in [-0.15, -0.1) is 0 Å². The molecule has 2 aliphatic heterocycles. The summed E-state index contributed by atoms with van der Waals surface area (Å²) in [5.41, 5.74) is 0.601. The number of oxazole rings is 1. The number of hydrogen-bond acceptors (Lipinski definition) is 5. The number of rotatable bonds is 8. The summed E-state index contributed by atoms with van der Waals surface area (Å²) in [5.74, 6) is 1.19. The SMILES string of the molecule is Cc1oc(-c2ccc(C(F)(F)F)cc2)nc1CN1CCC(C(=O)NCCCN2CCCCCC2)CC1. The Labute approximate surface area is 211 Å². The number of benzene rings is 1. The number of carbonyl (C=O) groups excluding carboxylic acids is 1. The Kier molecular flexibility index (Phi) is 9.06. The fourth-order valence-electron chi connectivity index (χ4n) is 5.08. The van der Waals surface area contributed by atoms with E-state index >= 15 is 0 Å². The Morgan fingerprint density at radius 1 is 1.03 bits per heavy atom. The van der Waals surface area contributed by atoms with E-state index in [1.807, 2.05) is 6.92 Å². The van der Waals surface area contributed by atoms with Gasteiger partial charge in [0, 0.05) is 24.6 Å². The van der Waals surface area contributed by atoms with E-state index in [1.54, 1.807) is 0 Å². The molecule has 0 radical (unpaired) electrons. The molecule has 0 saturated carbocycles. The van der Waals surface area contributed by atoms with Crippen LogP contribution in [0.25, 0.3) is 11.5 Å². The van der Waals surface area contributed by atoms with Gasteiger partial charge < -0.3 is 14.6 Å². The van der Waals surface area contributed by atoms with Crippen LogP contribution >= 0.6 is 0 Å². The zero-order valence-electron chi connectivity index (χ0n) is 21.1. The number of likely N-dealkylation sites (tertiary alicyclic amines) is 2. The van der Waals surface area contributed by atoms with Crippen molar-refractivity contribution in [3.63, 3.8) is 0 Å². The van der Waals surface area contributed by atoms with Gasteiger partial charge in [0.15, 0.2) is 0 Å². The molecule has 1 aromatic carbocycles. The molecular formula is C27H37F3N4O2. The van der Waals surface area contributed by atoms with E-state index in [2.05, 4.69) is 20.1 Å². The molecule has 6 nitrogen and oxygen atoms in total. The second-order valence-electron chi connectivity index (χ2n) is 10.0. The van der Waals surface area contributed by atoms with Crippen LogP contribution in [-0.4, -0.2) is 60.0 Å². The van der Waals surface area contributed by atoms with Gasteiger partial charge in [-0.05, 0) is 96.0 Å². The Morgan fingerprint density at radius 3 is 2.33 bits per heavy atom. The fourth-order valence-corrected chi connectivity index (χ4v) is 5.08. The largest absolute Gasteiger partial charge is 0.441 e. The zero-order valence-corrected chi connectivity index (χ0v) is 21.1. The van der Waals surface area contributed by atoms with Crippen LogP contribution in [0.5, 0.6) is 0 Å². The van der Waals surface area contributed by atoms with Crippen LogP contribution in [0, 0.1) is 12.8 Å². The monoisotopic (exact) mass is 506 g/mol. The van der Waals surface area contributed by atoms with Crippen molar-refractivity contribution in [2.24, 2.45) is 5.92 Å². The molecule has 0 aliphatic carbocycles. The van der Waals surface area contributed by atoms with E-state index in [1.165, 1.54) is 50.9 Å². The molecule has 2 aliphatic rings. The molecule has 1 N–H and O–H groups in total. The van der Waals surface area contributed by atoms with Gasteiger partial charge in [0.05, 0.1) is 11.3 Å². The van der Waals surface area contributed by atoms with Crippen molar-refractivity contribution in [1.82, 2.24) is 20.1 Å². The lowest BCUT2D eigenvalue weighted by Gasteiger charge is -2.30. The highest BCUT2D eigenvalue weighted by Gasteiger charge is 2.30. The molecule has 1 aromatic heterocycles.